The number of nitrogens with one attached hydrogen (secondary N) is 1. The molecule has 94 valence electrons. The molecule has 0 radical (unpaired) electrons. The maximum Gasteiger partial charge on any atom is 0.256 e. The van der Waals surface area contributed by atoms with Gasteiger partial charge in [0.05, 0.1) is 11.3 Å². The fourth-order valence-corrected chi connectivity index (χ4v) is 2.91. The molecule has 20 heavy (non-hydrogen) atoms. The number of ketones is 1. The van der Waals surface area contributed by atoms with E-state index < -0.39 is 0 Å². The molecule has 4 heteroatoms. The van der Waals surface area contributed by atoms with Crippen molar-refractivity contribution in [2.24, 2.45) is 0 Å². The Morgan fingerprint density at radius 3 is 2.45 bits per heavy atom. The molecule has 1 aromatic heterocycles. The second-order valence-electron chi connectivity index (χ2n) is 5.13. The Balaban J connectivity index is 2.24. The van der Waals surface area contributed by atoms with Crippen LogP contribution in [0.25, 0.3) is 22.0 Å². The van der Waals surface area contributed by atoms with Crippen LogP contribution in [-0.4, -0.2) is 18.6 Å². The molecule has 0 unspecified atom stereocenters. The Morgan fingerprint density at radius 1 is 0.900 bits per heavy atom. The summed E-state index contributed by atoms with van der Waals surface area (Å²) in [6, 6.07) is 13.0. The largest absolute Gasteiger partial charge is 0.321 e. The summed E-state index contributed by atoms with van der Waals surface area (Å²) in [5.41, 5.74) is 3.62. The van der Waals surface area contributed by atoms with Crippen LogP contribution in [0.2, 0.25) is 0 Å². The van der Waals surface area contributed by atoms with Crippen molar-refractivity contribution in [2.75, 3.05) is 0 Å². The van der Waals surface area contributed by atoms with E-state index in [0.717, 1.165) is 16.4 Å². The van der Waals surface area contributed by atoms with Gasteiger partial charge in [0.15, 0.2) is 5.78 Å². The molecule has 0 spiro atoms. The third-order valence-electron chi connectivity index (χ3n) is 3.85. The Labute approximate surface area is 115 Å². The van der Waals surface area contributed by atoms with Crippen molar-refractivity contribution in [1.82, 2.24) is 4.98 Å². The van der Waals surface area contributed by atoms with Gasteiger partial charge in [0, 0.05) is 16.5 Å². The van der Waals surface area contributed by atoms with E-state index in [1.807, 2.05) is 38.2 Å². The molecule has 2 aromatic carbocycles. The fourth-order valence-electron chi connectivity index (χ4n) is 2.91. The maximum atomic E-state index is 12.6. The summed E-state index contributed by atoms with van der Waals surface area (Å²) in [6.45, 7) is 0. The van der Waals surface area contributed by atoms with Gasteiger partial charge in [-0.05, 0) is 11.5 Å². The minimum Gasteiger partial charge on any atom is -0.321 e. The van der Waals surface area contributed by atoms with E-state index in [2.05, 4.69) is 4.98 Å². The molecule has 4 rings (SSSR count). The van der Waals surface area contributed by atoms with Crippen LogP contribution in [0.5, 0.6) is 0 Å². The van der Waals surface area contributed by atoms with E-state index >= 15 is 0 Å². The van der Waals surface area contributed by atoms with Gasteiger partial charge in [-0.15, -0.1) is 0 Å². The lowest BCUT2D eigenvalue weighted by Gasteiger charge is -2.05. The van der Waals surface area contributed by atoms with Gasteiger partial charge in [0.2, 0.25) is 0 Å². The van der Waals surface area contributed by atoms with Gasteiger partial charge in [-0.1, -0.05) is 41.9 Å². The van der Waals surface area contributed by atoms with Crippen molar-refractivity contribution < 1.29 is 4.79 Å². The minimum absolute atomic E-state index is 0.0116. The zero-order chi connectivity index (χ0) is 13.9. The second-order valence-corrected chi connectivity index (χ2v) is 5.13. The maximum absolute atomic E-state index is 12.6. The third-order valence-corrected chi connectivity index (χ3v) is 3.85. The number of aromatic amines is 1. The monoisotopic (exact) mass is 259 g/mol. The summed E-state index contributed by atoms with van der Waals surface area (Å²) < 4.78 is 0. The number of aromatic nitrogens is 1. The zero-order valence-electron chi connectivity index (χ0n) is 10.9. The summed E-state index contributed by atoms with van der Waals surface area (Å²) in [6.07, 6.45) is 0. The number of benzene rings is 2. The van der Waals surface area contributed by atoms with Crippen LogP contribution in [0.1, 0.15) is 15.9 Å². The van der Waals surface area contributed by atoms with Crippen molar-refractivity contribution in [1.29, 1.82) is 0 Å². The number of carbonyl (C=O) groups is 1. The zero-order valence-corrected chi connectivity index (χ0v) is 10.9. The molecule has 1 N–H and O–H groups in total. The highest BCUT2D eigenvalue weighted by Gasteiger charge is 2.29. The van der Waals surface area contributed by atoms with Crippen LogP contribution < -0.4 is 11.0 Å². The van der Waals surface area contributed by atoms with E-state index in [4.69, 9.17) is 0 Å². The first-order chi connectivity index (χ1) is 9.66. The number of hydrogen-bond acceptors (Lipinski definition) is 2. The van der Waals surface area contributed by atoms with E-state index in [1.165, 1.54) is 0 Å². The van der Waals surface area contributed by atoms with E-state index in [-0.39, 0.29) is 11.3 Å². The first-order valence-electron chi connectivity index (χ1n) is 6.47. The molecule has 0 fully saturated rings. The molecule has 0 bridgehead atoms. The molecule has 1 aliphatic rings. The van der Waals surface area contributed by atoms with Crippen LogP contribution in [0.15, 0.2) is 47.3 Å². The van der Waals surface area contributed by atoms with Crippen molar-refractivity contribution >= 4 is 29.9 Å². The summed E-state index contributed by atoms with van der Waals surface area (Å²) in [7, 11) is 1.96. The summed E-state index contributed by atoms with van der Waals surface area (Å²) >= 11 is 0. The normalized spacial score (nSPS) is 12.5. The molecular formula is C16H10BNO2. The SMILES string of the molecule is Bc1ccc2c(=O)[nH]c3c(c2c1)C(=O)c1ccccc1-3. The summed E-state index contributed by atoms with van der Waals surface area (Å²) in [5.74, 6) is -0.0116. The molecule has 1 heterocycles. The van der Waals surface area contributed by atoms with Crippen LogP contribution >= 0.6 is 0 Å². The first-order valence-corrected chi connectivity index (χ1v) is 6.47. The highest BCUT2D eigenvalue weighted by Crippen LogP contribution is 2.37. The van der Waals surface area contributed by atoms with Gasteiger partial charge >= 0.3 is 0 Å². The number of hydrogen-bond donors (Lipinski definition) is 1. The fraction of sp³-hybridized carbons (Fsp3) is 0. The predicted octanol–water partition coefficient (Wildman–Crippen LogP) is 0.998. The second kappa shape index (κ2) is 3.70. The van der Waals surface area contributed by atoms with Gasteiger partial charge < -0.3 is 4.98 Å². The van der Waals surface area contributed by atoms with Crippen molar-refractivity contribution in [3.63, 3.8) is 0 Å². The van der Waals surface area contributed by atoms with Crippen LogP contribution in [-0.2, 0) is 0 Å². The van der Waals surface area contributed by atoms with Gasteiger partial charge in [-0.2, -0.15) is 0 Å². The number of pyridine rings is 1. The lowest BCUT2D eigenvalue weighted by atomic mass is 9.92. The molecule has 3 aromatic rings. The van der Waals surface area contributed by atoms with Gasteiger partial charge in [-0.25, -0.2) is 0 Å². The average molecular weight is 259 g/mol. The number of carbonyl (C=O) groups excluding carboxylic acids is 1. The van der Waals surface area contributed by atoms with E-state index in [0.29, 0.717) is 22.2 Å². The van der Waals surface area contributed by atoms with Crippen LogP contribution in [0.3, 0.4) is 0 Å². The van der Waals surface area contributed by atoms with Crippen molar-refractivity contribution in [3.8, 4) is 11.3 Å². The van der Waals surface area contributed by atoms with Crippen molar-refractivity contribution in [3.05, 3.63) is 63.9 Å². The number of H-pyrrole nitrogens is 1. The lowest BCUT2D eigenvalue weighted by Crippen LogP contribution is -2.12. The van der Waals surface area contributed by atoms with Crippen molar-refractivity contribution in [2.45, 2.75) is 0 Å². The highest BCUT2D eigenvalue weighted by molar-refractivity contribution is 6.34. The molecule has 1 aliphatic carbocycles. The molecule has 0 saturated carbocycles. The lowest BCUT2D eigenvalue weighted by molar-refractivity contribution is 0.104. The van der Waals surface area contributed by atoms with Gasteiger partial charge in [0.25, 0.3) is 5.56 Å². The van der Waals surface area contributed by atoms with E-state index in [1.54, 1.807) is 12.1 Å². The molecule has 0 aliphatic heterocycles. The molecule has 3 nitrogen and oxygen atoms in total. The van der Waals surface area contributed by atoms with Crippen LogP contribution in [0.4, 0.5) is 0 Å². The van der Waals surface area contributed by atoms with Gasteiger partial charge in [-0.3, -0.25) is 9.59 Å². The standard InChI is InChI=1S/C16H10BNO2/c17-8-5-6-11-12(7-8)13-14(18-16(11)20)9-3-1-2-4-10(9)15(13)19/h1-7H,17H2,(H,18,20). The summed E-state index contributed by atoms with van der Waals surface area (Å²) in [5, 5.41) is 1.31. The Hall–Kier alpha value is -2.62. The molecular weight excluding hydrogens is 249 g/mol. The van der Waals surface area contributed by atoms with Gasteiger partial charge in [0.1, 0.15) is 7.85 Å². The number of fused-ring (bicyclic) bond motifs is 5. The van der Waals surface area contributed by atoms with Crippen LogP contribution in [0, 0.1) is 0 Å². The predicted molar refractivity (Wildman–Crippen MR) is 81.6 cm³/mol. The topological polar surface area (TPSA) is 49.9 Å². The smallest absolute Gasteiger partial charge is 0.256 e. The Bertz CT molecular complexity index is 956. The molecule has 0 atom stereocenters. The average Bonchev–Trinajstić information content (AvgIpc) is 2.73. The highest BCUT2D eigenvalue weighted by atomic mass is 16.1. The summed E-state index contributed by atoms with van der Waals surface area (Å²) in [4.78, 5) is 27.7. The first kappa shape index (κ1) is 11.2. The molecule has 0 saturated heterocycles. The number of rotatable bonds is 0. The minimum atomic E-state index is -0.150. The quantitative estimate of drug-likeness (QED) is 0.479. The van der Waals surface area contributed by atoms with E-state index in [9.17, 15) is 9.59 Å². The Morgan fingerprint density at radius 2 is 1.65 bits per heavy atom. The third kappa shape index (κ3) is 1.31. The Kier molecular flexibility index (Phi) is 2.08. The molecule has 0 amide bonds.